The minimum absolute atomic E-state index is 0.0263. The van der Waals surface area contributed by atoms with Crippen LogP contribution in [-0.2, 0) is 14.8 Å². The molecule has 1 spiro atoms. The Bertz CT molecular complexity index is 724. The Hall–Kier alpha value is -1.21. The van der Waals surface area contributed by atoms with Crippen LogP contribution in [0.4, 0.5) is 0 Å². The zero-order valence-corrected chi connectivity index (χ0v) is 16.8. The lowest BCUT2D eigenvalue weighted by Gasteiger charge is -2.34. The molecule has 0 unspecified atom stereocenters. The average Bonchev–Trinajstić information content (AvgIpc) is 3.30. The lowest BCUT2D eigenvalue weighted by Crippen LogP contribution is -2.50. The number of nitrogens with zero attached hydrogens (tertiary/aromatic N) is 2. The second-order valence-electron chi connectivity index (χ2n) is 8.63. The molecule has 0 atom stereocenters. The first-order valence-corrected chi connectivity index (χ1v) is 12.1. The molecule has 0 aromatic rings. The Morgan fingerprint density at radius 1 is 1.00 bits per heavy atom. The van der Waals surface area contributed by atoms with E-state index in [9.17, 15) is 13.2 Å². The second kappa shape index (κ2) is 7.66. The van der Waals surface area contributed by atoms with Gasteiger partial charge in [-0.05, 0) is 44.4 Å². The Morgan fingerprint density at radius 2 is 1.63 bits per heavy atom. The molecule has 27 heavy (non-hydrogen) atoms. The molecule has 1 N–H and O–H groups in total. The molecule has 6 nitrogen and oxygen atoms in total. The molecule has 0 bridgehead atoms. The van der Waals surface area contributed by atoms with Gasteiger partial charge in [0, 0.05) is 24.4 Å². The topological polar surface area (TPSA) is 78.8 Å². The van der Waals surface area contributed by atoms with Gasteiger partial charge in [-0.2, -0.15) is 4.31 Å². The highest BCUT2D eigenvalue weighted by Crippen LogP contribution is 2.35. The van der Waals surface area contributed by atoms with Crippen LogP contribution in [0.5, 0.6) is 0 Å². The number of piperidine rings is 1. The lowest BCUT2D eigenvalue weighted by atomic mass is 9.88. The van der Waals surface area contributed by atoms with Crippen molar-refractivity contribution in [2.75, 3.05) is 13.1 Å². The van der Waals surface area contributed by atoms with Crippen molar-refractivity contribution in [2.45, 2.75) is 76.2 Å². The van der Waals surface area contributed by atoms with Gasteiger partial charge >= 0.3 is 0 Å². The molecule has 150 valence electrons. The maximum Gasteiger partial charge on any atom is 0.253 e. The minimum Gasteiger partial charge on any atom is -0.312 e. The fourth-order valence-corrected chi connectivity index (χ4v) is 6.29. The maximum absolute atomic E-state index is 12.7. The van der Waals surface area contributed by atoms with E-state index in [1.807, 2.05) is 6.08 Å². The molecular weight excluding hydrogens is 362 g/mol. The number of allylic oxidation sites excluding steroid dienone is 1. The normalized spacial score (nSPS) is 28.1. The van der Waals surface area contributed by atoms with Crippen molar-refractivity contribution >= 4 is 21.8 Å². The summed E-state index contributed by atoms with van der Waals surface area (Å²) in [6.45, 7) is 0.735. The SMILES string of the molecule is O=C1NC(C2CCCCC2)=NC12CCN(S(=O)(=O)C=CC1CCCC1)CC2. The van der Waals surface area contributed by atoms with E-state index >= 15 is 0 Å². The number of hydrogen-bond donors (Lipinski definition) is 1. The summed E-state index contributed by atoms with van der Waals surface area (Å²) in [7, 11) is -3.40. The number of amides is 1. The molecule has 4 rings (SSSR count). The van der Waals surface area contributed by atoms with Crippen LogP contribution in [0.1, 0.15) is 70.6 Å². The van der Waals surface area contributed by atoms with Crippen molar-refractivity contribution in [2.24, 2.45) is 16.8 Å². The third-order valence-corrected chi connectivity index (χ3v) is 8.41. The number of amidine groups is 1. The quantitative estimate of drug-likeness (QED) is 0.797. The molecule has 4 aliphatic rings. The summed E-state index contributed by atoms with van der Waals surface area (Å²) in [5.74, 6) is 1.61. The monoisotopic (exact) mass is 393 g/mol. The summed E-state index contributed by atoms with van der Waals surface area (Å²) < 4.78 is 26.8. The smallest absolute Gasteiger partial charge is 0.253 e. The Morgan fingerprint density at radius 3 is 2.30 bits per heavy atom. The third kappa shape index (κ3) is 3.99. The standard InChI is InChI=1S/C20H31N3O3S/c24-19-20(22-18(21-19)17-8-2-1-3-9-17)11-13-23(14-12-20)27(25,26)15-10-16-6-4-5-7-16/h10,15-17H,1-9,11-14H2,(H,21,22,24). The average molecular weight is 394 g/mol. The Labute approximate surface area is 162 Å². The number of carbonyl (C=O) groups is 1. The van der Waals surface area contributed by atoms with Crippen molar-refractivity contribution < 1.29 is 13.2 Å². The molecule has 0 radical (unpaired) electrons. The molecule has 3 fully saturated rings. The van der Waals surface area contributed by atoms with Crippen LogP contribution in [0, 0.1) is 11.8 Å². The Kier molecular flexibility index (Phi) is 5.43. The number of aliphatic imine (C=N–C) groups is 1. The number of rotatable bonds is 4. The second-order valence-corrected chi connectivity index (χ2v) is 10.5. The molecule has 2 aliphatic heterocycles. The first kappa shape index (κ1) is 19.1. The van der Waals surface area contributed by atoms with Crippen LogP contribution in [-0.4, -0.2) is 43.1 Å². The van der Waals surface area contributed by atoms with Gasteiger partial charge in [-0.3, -0.25) is 9.79 Å². The molecule has 0 aromatic heterocycles. The van der Waals surface area contributed by atoms with Crippen LogP contribution in [0.25, 0.3) is 0 Å². The molecular formula is C20H31N3O3S. The van der Waals surface area contributed by atoms with E-state index < -0.39 is 15.6 Å². The fourth-order valence-electron chi connectivity index (χ4n) is 5.01. The Balaban J connectivity index is 1.40. The van der Waals surface area contributed by atoms with Crippen molar-refractivity contribution in [3.63, 3.8) is 0 Å². The number of hydrogen-bond acceptors (Lipinski definition) is 4. The highest BCUT2D eigenvalue weighted by atomic mass is 32.2. The lowest BCUT2D eigenvalue weighted by molar-refractivity contribution is -0.124. The molecule has 2 heterocycles. The van der Waals surface area contributed by atoms with Gasteiger partial charge in [0.25, 0.3) is 5.91 Å². The van der Waals surface area contributed by atoms with Crippen molar-refractivity contribution in [1.82, 2.24) is 9.62 Å². The largest absolute Gasteiger partial charge is 0.312 e. The molecule has 0 aromatic carbocycles. The van der Waals surface area contributed by atoms with E-state index in [2.05, 4.69) is 5.32 Å². The molecule has 7 heteroatoms. The van der Waals surface area contributed by atoms with Gasteiger partial charge in [0.05, 0.1) is 0 Å². The highest BCUT2D eigenvalue weighted by molar-refractivity contribution is 7.92. The predicted molar refractivity (Wildman–Crippen MR) is 106 cm³/mol. The summed E-state index contributed by atoms with van der Waals surface area (Å²) in [6.07, 6.45) is 13.3. The summed E-state index contributed by atoms with van der Waals surface area (Å²) in [5, 5.41) is 4.42. The fraction of sp³-hybridized carbons (Fsp3) is 0.800. The number of nitrogens with one attached hydrogen (secondary N) is 1. The summed E-state index contributed by atoms with van der Waals surface area (Å²) in [5.41, 5.74) is -0.742. The first-order chi connectivity index (χ1) is 13.0. The van der Waals surface area contributed by atoms with Crippen LogP contribution in [0.3, 0.4) is 0 Å². The summed E-state index contributed by atoms with van der Waals surface area (Å²) >= 11 is 0. The van der Waals surface area contributed by atoms with E-state index in [1.54, 1.807) is 0 Å². The maximum atomic E-state index is 12.7. The van der Waals surface area contributed by atoms with Gasteiger partial charge in [0.2, 0.25) is 10.0 Å². The van der Waals surface area contributed by atoms with E-state index in [0.29, 0.717) is 37.8 Å². The van der Waals surface area contributed by atoms with Crippen LogP contribution in [0.2, 0.25) is 0 Å². The van der Waals surface area contributed by atoms with E-state index in [-0.39, 0.29) is 5.91 Å². The van der Waals surface area contributed by atoms with E-state index in [4.69, 9.17) is 4.99 Å². The van der Waals surface area contributed by atoms with Gasteiger partial charge in [-0.15, -0.1) is 0 Å². The van der Waals surface area contributed by atoms with Crippen LogP contribution < -0.4 is 5.32 Å². The molecule has 1 amide bonds. The first-order valence-electron chi connectivity index (χ1n) is 10.6. The van der Waals surface area contributed by atoms with Crippen molar-refractivity contribution in [3.8, 4) is 0 Å². The van der Waals surface area contributed by atoms with Crippen LogP contribution >= 0.6 is 0 Å². The van der Waals surface area contributed by atoms with Gasteiger partial charge in [0.1, 0.15) is 11.4 Å². The van der Waals surface area contributed by atoms with Gasteiger partial charge in [-0.25, -0.2) is 8.42 Å². The summed E-state index contributed by atoms with van der Waals surface area (Å²) in [6, 6.07) is 0. The van der Waals surface area contributed by atoms with Crippen molar-refractivity contribution in [3.05, 3.63) is 11.5 Å². The van der Waals surface area contributed by atoms with Gasteiger partial charge in [-0.1, -0.05) is 38.2 Å². The third-order valence-electron chi connectivity index (χ3n) is 6.82. The number of sulfonamides is 1. The minimum atomic E-state index is -3.40. The zero-order valence-electron chi connectivity index (χ0n) is 16.0. The van der Waals surface area contributed by atoms with Crippen molar-refractivity contribution in [1.29, 1.82) is 0 Å². The predicted octanol–water partition coefficient (Wildman–Crippen LogP) is 2.96. The zero-order chi connectivity index (χ0) is 18.9. The van der Waals surface area contributed by atoms with Gasteiger partial charge < -0.3 is 5.32 Å². The highest BCUT2D eigenvalue weighted by Gasteiger charge is 2.48. The summed E-state index contributed by atoms with van der Waals surface area (Å²) in [4.78, 5) is 17.5. The van der Waals surface area contributed by atoms with Crippen LogP contribution in [0.15, 0.2) is 16.5 Å². The number of carbonyl (C=O) groups excluding carboxylic acids is 1. The van der Waals surface area contributed by atoms with E-state index in [0.717, 1.165) is 31.5 Å². The molecule has 2 aliphatic carbocycles. The van der Waals surface area contributed by atoms with E-state index in [1.165, 1.54) is 41.8 Å². The molecule has 1 saturated heterocycles. The molecule has 2 saturated carbocycles. The van der Waals surface area contributed by atoms with Gasteiger partial charge in [0.15, 0.2) is 0 Å².